The summed E-state index contributed by atoms with van der Waals surface area (Å²) in [4.78, 5) is 33.5. The van der Waals surface area contributed by atoms with Gasteiger partial charge in [0.15, 0.2) is 0 Å². The quantitative estimate of drug-likeness (QED) is 0.527. The molecule has 9 heteroatoms. The molecule has 0 saturated heterocycles. The van der Waals surface area contributed by atoms with E-state index in [9.17, 15) is 9.18 Å². The Morgan fingerprint density at radius 3 is 2.59 bits per heavy atom. The first-order valence-electron chi connectivity index (χ1n) is 12.8. The molecular weight excluding hydrogens is 469 g/mol. The Morgan fingerprint density at radius 2 is 1.84 bits per heavy atom. The van der Waals surface area contributed by atoms with Crippen molar-refractivity contribution in [3.63, 3.8) is 0 Å². The van der Waals surface area contributed by atoms with Crippen LogP contribution >= 0.6 is 0 Å². The predicted molar refractivity (Wildman–Crippen MR) is 142 cm³/mol. The second-order valence-corrected chi connectivity index (χ2v) is 10.4. The van der Waals surface area contributed by atoms with Crippen LogP contribution in [0.25, 0.3) is 0 Å². The Bertz CT molecular complexity index is 1330. The van der Waals surface area contributed by atoms with Crippen LogP contribution in [0.3, 0.4) is 0 Å². The molecule has 194 valence electrons. The maximum absolute atomic E-state index is 15.0. The number of carbonyl (C=O) groups excluding carboxylic acids is 1. The number of hydrogen-bond acceptors (Lipinski definition) is 7. The summed E-state index contributed by atoms with van der Waals surface area (Å²) >= 11 is 0. The third-order valence-corrected chi connectivity index (χ3v) is 7.23. The van der Waals surface area contributed by atoms with Crippen molar-refractivity contribution in [3.8, 4) is 0 Å². The highest BCUT2D eigenvalue weighted by atomic mass is 19.1. The fourth-order valence-electron chi connectivity index (χ4n) is 5.07. The monoisotopic (exact) mass is 503 g/mol. The Hall–Kier alpha value is -3.59. The van der Waals surface area contributed by atoms with Gasteiger partial charge in [-0.15, -0.1) is 0 Å². The van der Waals surface area contributed by atoms with Crippen molar-refractivity contribution < 1.29 is 9.18 Å². The van der Waals surface area contributed by atoms with Crippen LogP contribution in [-0.4, -0.2) is 70.9 Å². The van der Waals surface area contributed by atoms with Gasteiger partial charge in [-0.05, 0) is 64.0 Å². The van der Waals surface area contributed by atoms with Gasteiger partial charge in [0.2, 0.25) is 5.95 Å². The minimum atomic E-state index is -0.362. The molecule has 0 fully saturated rings. The van der Waals surface area contributed by atoms with Gasteiger partial charge in [-0.2, -0.15) is 4.98 Å². The highest BCUT2D eigenvalue weighted by molar-refractivity contribution is 5.98. The average Bonchev–Trinajstić information content (AvgIpc) is 3.13. The second kappa shape index (κ2) is 10.0. The molecule has 1 atom stereocenters. The number of likely N-dealkylation sites (N-methyl/N-ethyl adjacent to an activating group) is 2. The molecule has 0 spiro atoms. The Labute approximate surface area is 217 Å². The summed E-state index contributed by atoms with van der Waals surface area (Å²) in [5, 5.41) is 3.63. The molecule has 1 aromatic carbocycles. The van der Waals surface area contributed by atoms with E-state index in [4.69, 9.17) is 9.97 Å². The molecular formula is C28H34FN7O. The molecule has 0 saturated carbocycles. The van der Waals surface area contributed by atoms with Crippen LogP contribution in [0.2, 0.25) is 0 Å². The summed E-state index contributed by atoms with van der Waals surface area (Å²) in [5.74, 6) is 0.786. The summed E-state index contributed by atoms with van der Waals surface area (Å²) in [6, 6.07) is 8.85. The van der Waals surface area contributed by atoms with Gasteiger partial charge in [0.05, 0.1) is 12.6 Å². The van der Waals surface area contributed by atoms with E-state index in [2.05, 4.69) is 15.2 Å². The highest BCUT2D eigenvalue weighted by Crippen LogP contribution is 2.38. The van der Waals surface area contributed by atoms with Crippen LogP contribution in [0.1, 0.15) is 58.3 Å². The van der Waals surface area contributed by atoms with E-state index < -0.39 is 0 Å². The zero-order valence-corrected chi connectivity index (χ0v) is 22.1. The zero-order chi connectivity index (χ0) is 26.3. The summed E-state index contributed by atoms with van der Waals surface area (Å²) in [6.07, 6.45) is 3.01. The summed E-state index contributed by atoms with van der Waals surface area (Å²) in [7, 11) is 5.97. The van der Waals surface area contributed by atoms with E-state index in [1.807, 2.05) is 63.0 Å². The number of fused-ring (bicyclic) bond motifs is 3. The Morgan fingerprint density at radius 1 is 1.05 bits per heavy atom. The van der Waals surface area contributed by atoms with Crippen LogP contribution in [-0.2, 0) is 19.4 Å². The molecule has 5 rings (SSSR count). The highest BCUT2D eigenvalue weighted by Gasteiger charge is 2.36. The van der Waals surface area contributed by atoms with E-state index in [0.29, 0.717) is 49.0 Å². The summed E-state index contributed by atoms with van der Waals surface area (Å²) in [6.45, 7) is 5.96. The van der Waals surface area contributed by atoms with Gasteiger partial charge in [-0.3, -0.25) is 9.78 Å². The number of halogens is 1. The van der Waals surface area contributed by atoms with Crippen molar-refractivity contribution in [3.05, 3.63) is 76.0 Å². The number of aromatic nitrogens is 3. The topological polar surface area (TPSA) is 77.5 Å². The number of carbonyl (C=O) groups is 1. The lowest BCUT2D eigenvalue weighted by Crippen LogP contribution is -2.31. The number of hydrogen-bond donors (Lipinski definition) is 1. The lowest BCUT2D eigenvalue weighted by Gasteiger charge is -2.25. The number of anilines is 2. The van der Waals surface area contributed by atoms with Crippen molar-refractivity contribution in [2.75, 3.05) is 44.4 Å². The molecule has 1 unspecified atom stereocenters. The first-order valence-corrected chi connectivity index (χ1v) is 12.8. The maximum Gasteiger partial charge on any atom is 0.273 e. The van der Waals surface area contributed by atoms with Crippen molar-refractivity contribution >= 4 is 17.7 Å². The first kappa shape index (κ1) is 25.1. The molecule has 0 radical (unpaired) electrons. The minimum absolute atomic E-state index is 0.0297. The largest absolute Gasteiger partial charge is 0.359 e. The van der Waals surface area contributed by atoms with Crippen molar-refractivity contribution in [1.29, 1.82) is 0 Å². The molecule has 3 heterocycles. The van der Waals surface area contributed by atoms with E-state index >= 15 is 0 Å². The third kappa shape index (κ3) is 4.75. The molecule has 2 aliphatic rings. The van der Waals surface area contributed by atoms with E-state index in [-0.39, 0.29) is 23.8 Å². The van der Waals surface area contributed by atoms with Crippen LogP contribution in [0.4, 0.5) is 16.2 Å². The molecule has 1 amide bonds. The standard InChI is InChI=1S/C28H34FN7O/c1-17(2)36-16-21-25(27(36)37)32-28(35(5)15-14-34(3)4)33-26(21)31-24-19-8-6-10-22(29)18(19)11-12-23-20(24)9-7-13-30-23/h6-10,13,17,24H,11-12,14-16H2,1-5H3,(H,31,32,33). The van der Waals surface area contributed by atoms with Crippen LogP contribution < -0.4 is 10.2 Å². The molecule has 37 heavy (non-hydrogen) atoms. The lowest BCUT2D eigenvalue weighted by atomic mass is 9.95. The summed E-state index contributed by atoms with van der Waals surface area (Å²) < 4.78 is 15.0. The number of pyridine rings is 1. The van der Waals surface area contributed by atoms with Gasteiger partial charge in [-0.25, -0.2) is 9.37 Å². The Balaban J connectivity index is 1.63. The van der Waals surface area contributed by atoms with E-state index in [1.165, 1.54) is 6.07 Å². The second-order valence-electron chi connectivity index (χ2n) is 10.4. The number of amides is 1. The third-order valence-electron chi connectivity index (χ3n) is 7.23. The van der Waals surface area contributed by atoms with Gasteiger partial charge in [0, 0.05) is 49.2 Å². The van der Waals surface area contributed by atoms with Crippen LogP contribution in [0.5, 0.6) is 0 Å². The summed E-state index contributed by atoms with van der Waals surface area (Å²) in [5.41, 5.74) is 4.68. The van der Waals surface area contributed by atoms with Gasteiger partial charge >= 0.3 is 0 Å². The lowest BCUT2D eigenvalue weighted by molar-refractivity contribution is 0.0726. The molecule has 8 nitrogen and oxygen atoms in total. The number of nitrogens with one attached hydrogen (secondary N) is 1. The molecule has 3 aromatic rings. The fraction of sp³-hybridized carbons (Fsp3) is 0.429. The Kier molecular flexibility index (Phi) is 6.81. The number of benzene rings is 1. The molecule has 1 aliphatic heterocycles. The number of aryl methyl sites for hydroxylation is 1. The van der Waals surface area contributed by atoms with Crippen molar-refractivity contribution in [1.82, 2.24) is 24.8 Å². The van der Waals surface area contributed by atoms with Crippen molar-refractivity contribution in [2.24, 2.45) is 0 Å². The number of rotatable bonds is 7. The van der Waals surface area contributed by atoms with E-state index in [0.717, 1.165) is 28.9 Å². The maximum atomic E-state index is 15.0. The zero-order valence-electron chi connectivity index (χ0n) is 22.1. The van der Waals surface area contributed by atoms with E-state index in [1.54, 1.807) is 12.3 Å². The smallest absolute Gasteiger partial charge is 0.273 e. The van der Waals surface area contributed by atoms with Gasteiger partial charge in [0.25, 0.3) is 5.91 Å². The normalized spacial score (nSPS) is 16.5. The molecule has 1 aliphatic carbocycles. The van der Waals surface area contributed by atoms with Crippen LogP contribution in [0.15, 0.2) is 36.5 Å². The van der Waals surface area contributed by atoms with Gasteiger partial charge < -0.3 is 20.0 Å². The minimum Gasteiger partial charge on any atom is -0.359 e. The predicted octanol–water partition coefficient (Wildman–Crippen LogP) is 3.67. The first-order chi connectivity index (χ1) is 17.7. The van der Waals surface area contributed by atoms with Crippen LogP contribution in [0, 0.1) is 5.82 Å². The number of nitrogens with zero attached hydrogens (tertiary/aromatic N) is 6. The molecule has 2 aromatic heterocycles. The fourth-order valence-corrected chi connectivity index (χ4v) is 5.07. The average molecular weight is 504 g/mol. The molecule has 0 bridgehead atoms. The van der Waals surface area contributed by atoms with Crippen molar-refractivity contribution in [2.45, 2.75) is 45.3 Å². The molecule has 1 N–H and O–H groups in total. The SMILES string of the molecule is CC(C)N1Cc2c(NC3c4cccnc4CCc4c(F)cccc43)nc(N(C)CCN(C)C)nc2C1=O. The van der Waals surface area contributed by atoms with Gasteiger partial charge in [-0.1, -0.05) is 18.2 Å². The van der Waals surface area contributed by atoms with Gasteiger partial charge in [0.1, 0.15) is 17.3 Å².